The second kappa shape index (κ2) is 8.16. The second-order valence-corrected chi connectivity index (χ2v) is 7.63. The first-order chi connectivity index (χ1) is 12.5. The molecule has 0 aliphatic heterocycles. The first kappa shape index (κ1) is 18.8. The molecule has 0 saturated carbocycles. The molecule has 3 rings (SSSR count). The number of nitrogens with one attached hydrogen (secondary N) is 1. The van der Waals surface area contributed by atoms with Gasteiger partial charge in [-0.05, 0) is 43.8 Å². The maximum absolute atomic E-state index is 13.1. The number of nitrogens with zero attached hydrogens (tertiary/aromatic N) is 1. The maximum Gasteiger partial charge on any atom is 0.197 e. The first-order valence-electron chi connectivity index (χ1n) is 9.14. The molecule has 0 saturated heterocycles. The lowest BCUT2D eigenvalue weighted by Gasteiger charge is -2.22. The molecule has 0 amide bonds. The van der Waals surface area contributed by atoms with Crippen LogP contribution in [0.4, 0.5) is 5.69 Å². The van der Waals surface area contributed by atoms with Gasteiger partial charge < -0.3 is 15.3 Å². The molecule has 2 aromatic carbocycles. The number of aliphatic hydroxyl groups is 1. The molecule has 0 aliphatic carbocycles. The minimum atomic E-state index is -0.481. The van der Waals surface area contributed by atoms with Crippen LogP contribution in [-0.4, -0.2) is 42.3 Å². The van der Waals surface area contributed by atoms with E-state index in [2.05, 4.69) is 24.1 Å². The zero-order valence-corrected chi connectivity index (χ0v) is 16.4. The smallest absolute Gasteiger partial charge is 0.197 e. The number of likely N-dealkylation sites (N-methyl/N-ethyl adjacent to an activating group) is 1. The summed E-state index contributed by atoms with van der Waals surface area (Å²) in [6.45, 7) is 9.09. The van der Waals surface area contributed by atoms with E-state index in [0.29, 0.717) is 13.1 Å². The lowest BCUT2D eigenvalue weighted by atomic mass is 10.1. The zero-order valence-electron chi connectivity index (χ0n) is 15.6. The van der Waals surface area contributed by atoms with E-state index in [1.54, 1.807) is 11.3 Å². The third-order valence-corrected chi connectivity index (χ3v) is 6.12. The van der Waals surface area contributed by atoms with Gasteiger partial charge in [-0.15, -0.1) is 11.3 Å². The Morgan fingerprint density at radius 2 is 1.88 bits per heavy atom. The highest BCUT2D eigenvalue weighted by atomic mass is 32.1. The molecule has 1 unspecified atom stereocenters. The SMILES string of the molecule is CCN(CC)CC(O)CNc1ccc(C)c2sc3ccccc3c(=O)c12. The van der Waals surface area contributed by atoms with E-state index in [1.165, 1.54) is 0 Å². The van der Waals surface area contributed by atoms with Crippen molar-refractivity contribution in [1.29, 1.82) is 0 Å². The van der Waals surface area contributed by atoms with Gasteiger partial charge in [0.1, 0.15) is 0 Å². The van der Waals surface area contributed by atoms with Gasteiger partial charge in [-0.2, -0.15) is 0 Å². The van der Waals surface area contributed by atoms with Crippen LogP contribution >= 0.6 is 11.3 Å². The fourth-order valence-corrected chi connectivity index (χ4v) is 4.42. The van der Waals surface area contributed by atoms with Crippen molar-refractivity contribution < 1.29 is 5.11 Å². The Balaban J connectivity index is 1.95. The van der Waals surface area contributed by atoms with Gasteiger partial charge in [0.05, 0.1) is 11.5 Å². The van der Waals surface area contributed by atoms with Crippen LogP contribution in [0.3, 0.4) is 0 Å². The van der Waals surface area contributed by atoms with E-state index in [9.17, 15) is 9.90 Å². The van der Waals surface area contributed by atoms with Gasteiger partial charge in [-0.1, -0.05) is 32.0 Å². The molecule has 1 heterocycles. The van der Waals surface area contributed by atoms with Crippen LogP contribution < -0.4 is 10.7 Å². The van der Waals surface area contributed by atoms with Gasteiger partial charge in [0.15, 0.2) is 5.43 Å². The first-order valence-corrected chi connectivity index (χ1v) is 9.96. The minimum absolute atomic E-state index is 0.0544. The van der Waals surface area contributed by atoms with E-state index in [0.717, 1.165) is 44.5 Å². The summed E-state index contributed by atoms with van der Waals surface area (Å²) >= 11 is 1.65. The molecule has 26 heavy (non-hydrogen) atoms. The lowest BCUT2D eigenvalue weighted by molar-refractivity contribution is 0.128. The van der Waals surface area contributed by atoms with E-state index in [4.69, 9.17) is 0 Å². The van der Waals surface area contributed by atoms with Gasteiger partial charge in [0, 0.05) is 33.6 Å². The van der Waals surface area contributed by atoms with E-state index < -0.39 is 6.10 Å². The molecule has 3 aromatic rings. The number of rotatable bonds is 7. The molecule has 0 aliphatic rings. The van der Waals surface area contributed by atoms with Crippen LogP contribution in [0, 0.1) is 6.92 Å². The summed E-state index contributed by atoms with van der Waals surface area (Å²) in [5.74, 6) is 0. The molecule has 0 fully saturated rings. The van der Waals surface area contributed by atoms with E-state index in [-0.39, 0.29) is 5.43 Å². The number of benzene rings is 2. The highest BCUT2D eigenvalue weighted by molar-refractivity contribution is 7.24. The van der Waals surface area contributed by atoms with Gasteiger partial charge in [0.25, 0.3) is 0 Å². The topological polar surface area (TPSA) is 52.6 Å². The summed E-state index contributed by atoms with van der Waals surface area (Å²) in [4.78, 5) is 15.3. The van der Waals surface area contributed by atoms with E-state index in [1.807, 2.05) is 43.3 Å². The van der Waals surface area contributed by atoms with Gasteiger partial charge in [-0.3, -0.25) is 4.79 Å². The van der Waals surface area contributed by atoms with Crippen LogP contribution in [0.1, 0.15) is 19.4 Å². The summed E-state index contributed by atoms with van der Waals surface area (Å²) < 4.78 is 2.02. The number of hydrogen-bond donors (Lipinski definition) is 2. The second-order valence-electron chi connectivity index (χ2n) is 6.58. The number of aryl methyl sites for hydroxylation is 1. The Bertz CT molecular complexity index is 963. The Kier molecular flexibility index (Phi) is 5.91. The number of fused-ring (bicyclic) bond motifs is 2. The van der Waals surface area contributed by atoms with Crippen LogP contribution in [0.25, 0.3) is 20.2 Å². The van der Waals surface area contributed by atoms with Crippen molar-refractivity contribution in [3.8, 4) is 0 Å². The monoisotopic (exact) mass is 370 g/mol. The fraction of sp³-hybridized carbons (Fsp3) is 0.381. The van der Waals surface area contributed by atoms with E-state index >= 15 is 0 Å². The number of anilines is 1. The molecule has 4 nitrogen and oxygen atoms in total. The molecular weight excluding hydrogens is 344 g/mol. The Morgan fingerprint density at radius 1 is 1.15 bits per heavy atom. The Hall–Kier alpha value is -1.95. The van der Waals surface area contributed by atoms with Crippen LogP contribution in [0.15, 0.2) is 41.2 Å². The van der Waals surface area contributed by atoms with Crippen molar-refractivity contribution >= 4 is 37.2 Å². The Morgan fingerprint density at radius 3 is 2.62 bits per heavy atom. The van der Waals surface area contributed by atoms with Gasteiger partial charge in [-0.25, -0.2) is 0 Å². The summed E-state index contributed by atoms with van der Waals surface area (Å²) in [5.41, 5.74) is 1.96. The van der Waals surface area contributed by atoms with Crippen molar-refractivity contribution in [3.63, 3.8) is 0 Å². The normalized spacial score (nSPS) is 12.8. The summed E-state index contributed by atoms with van der Waals surface area (Å²) in [6, 6.07) is 11.7. The van der Waals surface area contributed by atoms with Gasteiger partial charge >= 0.3 is 0 Å². The average Bonchev–Trinajstić information content (AvgIpc) is 2.66. The predicted octanol–water partition coefficient (Wildman–Crippen LogP) is 3.84. The minimum Gasteiger partial charge on any atom is -0.390 e. The third kappa shape index (κ3) is 3.75. The highest BCUT2D eigenvalue weighted by Crippen LogP contribution is 2.31. The fourth-order valence-electron chi connectivity index (χ4n) is 3.25. The molecule has 5 heteroatoms. The molecule has 138 valence electrons. The summed E-state index contributed by atoms with van der Waals surface area (Å²) in [6.07, 6.45) is -0.481. The zero-order chi connectivity index (χ0) is 18.7. The van der Waals surface area contributed by atoms with Crippen molar-refractivity contribution in [2.75, 3.05) is 31.5 Å². The van der Waals surface area contributed by atoms with Gasteiger partial charge in [0.2, 0.25) is 0 Å². The largest absolute Gasteiger partial charge is 0.390 e. The Labute approximate surface area is 158 Å². The molecule has 2 N–H and O–H groups in total. The highest BCUT2D eigenvalue weighted by Gasteiger charge is 2.14. The summed E-state index contributed by atoms with van der Waals surface area (Å²) in [5, 5.41) is 15.1. The summed E-state index contributed by atoms with van der Waals surface area (Å²) in [7, 11) is 0. The molecule has 0 spiro atoms. The average molecular weight is 371 g/mol. The quantitative estimate of drug-likeness (QED) is 0.621. The molecule has 1 atom stereocenters. The van der Waals surface area contributed by atoms with Crippen molar-refractivity contribution in [2.24, 2.45) is 0 Å². The van der Waals surface area contributed by atoms with Crippen LogP contribution in [0.5, 0.6) is 0 Å². The third-order valence-electron chi connectivity index (χ3n) is 4.82. The number of aliphatic hydroxyl groups excluding tert-OH is 1. The maximum atomic E-state index is 13.1. The lowest BCUT2D eigenvalue weighted by Crippen LogP contribution is -2.36. The molecule has 0 radical (unpaired) electrons. The molecule has 1 aromatic heterocycles. The van der Waals surface area contributed by atoms with Crippen molar-refractivity contribution in [3.05, 3.63) is 52.2 Å². The molecular formula is C21H26N2O2S. The van der Waals surface area contributed by atoms with Crippen molar-refractivity contribution in [1.82, 2.24) is 4.90 Å². The van der Waals surface area contributed by atoms with Crippen LogP contribution in [0.2, 0.25) is 0 Å². The number of hydrogen-bond acceptors (Lipinski definition) is 5. The van der Waals surface area contributed by atoms with Crippen molar-refractivity contribution in [2.45, 2.75) is 26.9 Å². The molecule has 0 bridgehead atoms. The standard InChI is InChI=1S/C21H26N2O2S/c1-4-23(5-2)13-15(24)12-22-17-11-10-14(3)21-19(17)20(25)16-8-6-7-9-18(16)26-21/h6-11,15,22,24H,4-5,12-13H2,1-3H3. The van der Waals surface area contributed by atoms with Crippen LogP contribution in [-0.2, 0) is 0 Å². The predicted molar refractivity (Wildman–Crippen MR) is 113 cm³/mol.